The summed E-state index contributed by atoms with van der Waals surface area (Å²) >= 11 is 1.69. The van der Waals surface area contributed by atoms with Crippen molar-refractivity contribution in [3.63, 3.8) is 0 Å². The molecule has 0 spiro atoms. The SMILES string of the molecule is c1ccc(Sc2ccnc3ccoc23)cc1. The smallest absolute Gasteiger partial charge is 0.166 e. The van der Waals surface area contributed by atoms with Crippen molar-refractivity contribution >= 4 is 22.9 Å². The van der Waals surface area contributed by atoms with Gasteiger partial charge in [0.15, 0.2) is 5.58 Å². The number of hydrogen-bond acceptors (Lipinski definition) is 3. The van der Waals surface area contributed by atoms with E-state index in [1.165, 1.54) is 4.90 Å². The van der Waals surface area contributed by atoms with Crippen LogP contribution in [-0.4, -0.2) is 4.98 Å². The highest BCUT2D eigenvalue weighted by atomic mass is 32.2. The Kier molecular flexibility index (Phi) is 2.38. The molecule has 0 aliphatic heterocycles. The second kappa shape index (κ2) is 4.02. The Morgan fingerprint density at radius 3 is 2.75 bits per heavy atom. The number of hydrogen-bond donors (Lipinski definition) is 0. The Morgan fingerprint density at radius 1 is 1.00 bits per heavy atom. The molecule has 0 saturated carbocycles. The molecule has 0 atom stereocenters. The second-order valence-electron chi connectivity index (χ2n) is 3.36. The van der Waals surface area contributed by atoms with Crippen LogP contribution in [0.1, 0.15) is 0 Å². The van der Waals surface area contributed by atoms with Crippen molar-refractivity contribution in [2.24, 2.45) is 0 Å². The average molecular weight is 227 g/mol. The Balaban J connectivity index is 2.04. The molecule has 1 aromatic carbocycles. The predicted octanol–water partition coefficient (Wildman–Crippen LogP) is 3.98. The van der Waals surface area contributed by atoms with Gasteiger partial charge in [-0.15, -0.1) is 0 Å². The van der Waals surface area contributed by atoms with Crippen molar-refractivity contribution in [2.75, 3.05) is 0 Å². The van der Waals surface area contributed by atoms with E-state index in [2.05, 4.69) is 17.1 Å². The van der Waals surface area contributed by atoms with Crippen LogP contribution in [0.3, 0.4) is 0 Å². The quantitative estimate of drug-likeness (QED) is 0.662. The minimum absolute atomic E-state index is 0.858. The lowest BCUT2D eigenvalue weighted by Crippen LogP contribution is -1.77. The molecule has 3 rings (SSSR count). The van der Waals surface area contributed by atoms with Gasteiger partial charge in [-0.1, -0.05) is 30.0 Å². The maximum Gasteiger partial charge on any atom is 0.166 e. The topological polar surface area (TPSA) is 26.0 Å². The Bertz CT molecular complexity index is 603. The lowest BCUT2D eigenvalue weighted by Gasteiger charge is -2.01. The van der Waals surface area contributed by atoms with Gasteiger partial charge in [0.25, 0.3) is 0 Å². The molecule has 78 valence electrons. The van der Waals surface area contributed by atoms with Gasteiger partial charge in [0.1, 0.15) is 5.52 Å². The molecule has 0 N–H and O–H groups in total. The Labute approximate surface area is 97.3 Å². The van der Waals surface area contributed by atoms with Crippen LogP contribution in [0, 0.1) is 0 Å². The van der Waals surface area contributed by atoms with E-state index in [0.717, 1.165) is 16.0 Å². The van der Waals surface area contributed by atoms with Crippen molar-refractivity contribution < 1.29 is 4.42 Å². The maximum atomic E-state index is 5.44. The number of aromatic nitrogens is 1. The third-order valence-corrected chi connectivity index (χ3v) is 3.33. The molecular weight excluding hydrogens is 218 g/mol. The first kappa shape index (κ1) is 9.48. The van der Waals surface area contributed by atoms with E-state index in [9.17, 15) is 0 Å². The average Bonchev–Trinajstić information content (AvgIpc) is 2.80. The van der Waals surface area contributed by atoms with Crippen LogP contribution >= 0.6 is 11.8 Å². The Hall–Kier alpha value is -1.74. The molecule has 2 nitrogen and oxygen atoms in total. The van der Waals surface area contributed by atoms with Gasteiger partial charge in [-0.3, -0.25) is 4.98 Å². The van der Waals surface area contributed by atoms with E-state index in [4.69, 9.17) is 4.42 Å². The summed E-state index contributed by atoms with van der Waals surface area (Å²) in [5, 5.41) is 0. The van der Waals surface area contributed by atoms with E-state index < -0.39 is 0 Å². The molecule has 16 heavy (non-hydrogen) atoms. The molecule has 0 aliphatic carbocycles. The van der Waals surface area contributed by atoms with E-state index in [1.54, 1.807) is 18.0 Å². The van der Waals surface area contributed by atoms with Crippen LogP contribution in [0.4, 0.5) is 0 Å². The third kappa shape index (κ3) is 1.70. The fraction of sp³-hybridized carbons (Fsp3) is 0. The van der Waals surface area contributed by atoms with Crippen LogP contribution in [0.15, 0.2) is 69.1 Å². The number of nitrogens with zero attached hydrogens (tertiary/aromatic N) is 1. The van der Waals surface area contributed by atoms with Gasteiger partial charge in [0.05, 0.1) is 11.2 Å². The molecule has 0 aliphatic rings. The summed E-state index contributed by atoms with van der Waals surface area (Å²) in [5.41, 5.74) is 1.76. The number of furan rings is 1. The van der Waals surface area contributed by atoms with Gasteiger partial charge in [-0.2, -0.15) is 0 Å². The summed E-state index contributed by atoms with van der Waals surface area (Å²) in [6.07, 6.45) is 3.48. The fourth-order valence-electron chi connectivity index (χ4n) is 1.55. The monoisotopic (exact) mass is 227 g/mol. The predicted molar refractivity (Wildman–Crippen MR) is 64.6 cm³/mol. The first-order valence-corrected chi connectivity index (χ1v) is 5.80. The maximum absolute atomic E-state index is 5.44. The summed E-state index contributed by atoms with van der Waals surface area (Å²) in [7, 11) is 0. The van der Waals surface area contributed by atoms with E-state index in [0.29, 0.717) is 0 Å². The molecule has 3 aromatic rings. The summed E-state index contributed by atoms with van der Waals surface area (Å²) < 4.78 is 5.44. The van der Waals surface area contributed by atoms with Gasteiger partial charge in [0, 0.05) is 17.2 Å². The minimum Gasteiger partial charge on any atom is -0.461 e. The van der Waals surface area contributed by atoms with Gasteiger partial charge in [-0.25, -0.2) is 0 Å². The highest BCUT2D eigenvalue weighted by molar-refractivity contribution is 7.99. The molecular formula is C13H9NOS. The summed E-state index contributed by atoms with van der Waals surface area (Å²) in [6.45, 7) is 0. The molecule has 0 saturated heterocycles. The number of fused-ring (bicyclic) bond motifs is 1. The first-order valence-electron chi connectivity index (χ1n) is 4.98. The molecule has 3 heteroatoms. The standard InChI is InChI=1S/C13H9NOS/c1-2-4-10(5-3-1)16-12-6-8-14-11-7-9-15-13(11)12/h1-9H. The normalized spacial score (nSPS) is 10.8. The number of pyridine rings is 1. The highest BCUT2D eigenvalue weighted by Gasteiger charge is 2.06. The summed E-state index contributed by atoms with van der Waals surface area (Å²) in [4.78, 5) is 6.54. The number of rotatable bonds is 2. The second-order valence-corrected chi connectivity index (χ2v) is 4.47. The third-order valence-electron chi connectivity index (χ3n) is 2.28. The van der Waals surface area contributed by atoms with Crippen molar-refractivity contribution in [1.29, 1.82) is 0 Å². The molecule has 0 fully saturated rings. The van der Waals surface area contributed by atoms with Crippen LogP contribution in [0.2, 0.25) is 0 Å². The molecule has 2 aromatic heterocycles. The molecule has 0 radical (unpaired) electrons. The number of benzene rings is 1. The van der Waals surface area contributed by atoms with Crippen molar-refractivity contribution in [3.8, 4) is 0 Å². The van der Waals surface area contributed by atoms with E-state index in [-0.39, 0.29) is 0 Å². The largest absolute Gasteiger partial charge is 0.461 e. The Morgan fingerprint density at radius 2 is 1.88 bits per heavy atom. The highest BCUT2D eigenvalue weighted by Crippen LogP contribution is 2.32. The summed E-state index contributed by atoms with van der Waals surface area (Å²) in [6, 6.07) is 14.1. The molecule has 0 unspecified atom stereocenters. The van der Waals surface area contributed by atoms with Crippen molar-refractivity contribution in [3.05, 3.63) is 54.9 Å². The lowest BCUT2D eigenvalue weighted by atomic mass is 10.4. The van der Waals surface area contributed by atoms with Crippen LogP contribution in [0.5, 0.6) is 0 Å². The van der Waals surface area contributed by atoms with Crippen LogP contribution in [-0.2, 0) is 0 Å². The molecule has 0 amide bonds. The van der Waals surface area contributed by atoms with Gasteiger partial charge >= 0.3 is 0 Å². The van der Waals surface area contributed by atoms with Gasteiger partial charge in [-0.05, 0) is 18.2 Å². The van der Waals surface area contributed by atoms with Crippen molar-refractivity contribution in [1.82, 2.24) is 4.98 Å². The lowest BCUT2D eigenvalue weighted by molar-refractivity contribution is 0.608. The summed E-state index contributed by atoms with van der Waals surface area (Å²) in [5.74, 6) is 0. The van der Waals surface area contributed by atoms with Gasteiger partial charge in [0.2, 0.25) is 0 Å². The van der Waals surface area contributed by atoms with Gasteiger partial charge < -0.3 is 4.42 Å². The van der Waals surface area contributed by atoms with E-state index in [1.807, 2.05) is 36.5 Å². The fourth-order valence-corrected chi connectivity index (χ4v) is 2.47. The zero-order chi connectivity index (χ0) is 10.8. The zero-order valence-corrected chi connectivity index (χ0v) is 9.28. The molecule has 2 heterocycles. The van der Waals surface area contributed by atoms with Crippen LogP contribution in [0.25, 0.3) is 11.1 Å². The first-order chi connectivity index (χ1) is 7.93. The minimum atomic E-state index is 0.858. The van der Waals surface area contributed by atoms with E-state index >= 15 is 0 Å². The van der Waals surface area contributed by atoms with Crippen LogP contribution < -0.4 is 0 Å². The molecule has 0 bridgehead atoms. The van der Waals surface area contributed by atoms with Crippen molar-refractivity contribution in [2.45, 2.75) is 9.79 Å². The zero-order valence-electron chi connectivity index (χ0n) is 8.46.